The van der Waals surface area contributed by atoms with Crippen molar-refractivity contribution in [1.29, 1.82) is 0 Å². The number of nitrogens with one attached hydrogen (secondary N) is 2. The number of benzene rings is 2. The van der Waals surface area contributed by atoms with E-state index in [0.717, 1.165) is 28.6 Å². The second kappa shape index (κ2) is 5.96. The van der Waals surface area contributed by atoms with E-state index in [4.69, 9.17) is 0 Å². The summed E-state index contributed by atoms with van der Waals surface area (Å²) in [6.45, 7) is 2.01. The van der Waals surface area contributed by atoms with Crippen LogP contribution in [-0.4, -0.2) is 17.1 Å². The van der Waals surface area contributed by atoms with Crippen molar-refractivity contribution in [2.75, 3.05) is 0 Å². The first-order valence-electron chi connectivity index (χ1n) is 8.19. The molecule has 1 amide bonds. The number of aromatic amines is 1. The number of hydrogen-bond acceptors (Lipinski definition) is 2. The van der Waals surface area contributed by atoms with Crippen LogP contribution in [0.5, 0.6) is 0 Å². The van der Waals surface area contributed by atoms with Crippen LogP contribution < -0.4 is 5.43 Å². The van der Waals surface area contributed by atoms with Crippen LogP contribution in [-0.2, 0) is 4.79 Å². The summed E-state index contributed by atoms with van der Waals surface area (Å²) in [5, 5.41) is 5.28. The van der Waals surface area contributed by atoms with E-state index in [1.54, 1.807) is 6.21 Å². The maximum absolute atomic E-state index is 12.2. The zero-order valence-corrected chi connectivity index (χ0v) is 13.5. The van der Waals surface area contributed by atoms with Crippen molar-refractivity contribution in [3.63, 3.8) is 0 Å². The molecule has 1 fully saturated rings. The first-order valence-corrected chi connectivity index (χ1v) is 8.19. The summed E-state index contributed by atoms with van der Waals surface area (Å²) in [6, 6.07) is 18.3. The molecule has 0 bridgehead atoms. The summed E-state index contributed by atoms with van der Waals surface area (Å²) in [6.07, 6.45) is 2.63. The Morgan fingerprint density at radius 2 is 1.92 bits per heavy atom. The number of nitrogens with zero attached hydrogens (tertiary/aromatic N) is 1. The number of amides is 1. The number of hydrogen-bond donors (Lipinski definition) is 2. The highest BCUT2D eigenvalue weighted by Crippen LogP contribution is 2.47. The molecule has 2 atom stereocenters. The van der Waals surface area contributed by atoms with Crippen LogP contribution in [0.4, 0.5) is 0 Å². The van der Waals surface area contributed by atoms with Gasteiger partial charge in [0.2, 0.25) is 5.91 Å². The predicted molar refractivity (Wildman–Crippen MR) is 96.1 cm³/mol. The van der Waals surface area contributed by atoms with E-state index in [9.17, 15) is 4.79 Å². The molecule has 1 aliphatic rings. The monoisotopic (exact) mass is 317 g/mol. The molecule has 0 saturated heterocycles. The van der Waals surface area contributed by atoms with Crippen LogP contribution in [0.2, 0.25) is 0 Å². The van der Waals surface area contributed by atoms with Gasteiger partial charge in [0.05, 0.1) is 6.21 Å². The van der Waals surface area contributed by atoms with E-state index in [2.05, 4.69) is 27.6 Å². The zero-order chi connectivity index (χ0) is 16.5. The Hall–Kier alpha value is -2.88. The molecule has 1 aromatic heterocycles. The number of carbonyl (C=O) groups excluding carboxylic acids is 1. The summed E-state index contributed by atoms with van der Waals surface area (Å²) < 4.78 is 0. The van der Waals surface area contributed by atoms with Crippen molar-refractivity contribution >= 4 is 23.0 Å². The Balaban J connectivity index is 1.43. The number of aromatic nitrogens is 1. The lowest BCUT2D eigenvalue weighted by molar-refractivity contribution is -0.122. The molecule has 4 rings (SSSR count). The van der Waals surface area contributed by atoms with E-state index in [1.165, 1.54) is 5.56 Å². The minimum Gasteiger partial charge on any atom is -0.358 e. The Bertz CT molecular complexity index is 911. The van der Waals surface area contributed by atoms with E-state index < -0.39 is 0 Å². The van der Waals surface area contributed by atoms with Gasteiger partial charge in [0.25, 0.3) is 0 Å². The molecule has 1 aliphatic carbocycles. The third-order valence-corrected chi connectivity index (χ3v) is 4.67. The third-order valence-electron chi connectivity index (χ3n) is 4.67. The number of carbonyl (C=O) groups is 1. The predicted octanol–water partition coefficient (Wildman–Crippen LogP) is 3.73. The quantitative estimate of drug-likeness (QED) is 0.559. The second-order valence-corrected chi connectivity index (χ2v) is 6.30. The van der Waals surface area contributed by atoms with Crippen LogP contribution >= 0.6 is 0 Å². The van der Waals surface area contributed by atoms with Gasteiger partial charge in [-0.2, -0.15) is 5.10 Å². The Morgan fingerprint density at radius 1 is 1.17 bits per heavy atom. The summed E-state index contributed by atoms with van der Waals surface area (Å²) in [5.74, 6) is 0.363. The van der Waals surface area contributed by atoms with Crippen LogP contribution in [0.1, 0.15) is 29.2 Å². The molecule has 4 nitrogen and oxygen atoms in total. The van der Waals surface area contributed by atoms with Crippen molar-refractivity contribution in [2.45, 2.75) is 19.3 Å². The molecule has 1 heterocycles. The summed E-state index contributed by atoms with van der Waals surface area (Å²) in [7, 11) is 0. The van der Waals surface area contributed by atoms with E-state index >= 15 is 0 Å². The second-order valence-electron chi connectivity index (χ2n) is 6.30. The summed E-state index contributed by atoms with van der Waals surface area (Å²) in [5.41, 5.74) is 7.06. The van der Waals surface area contributed by atoms with Gasteiger partial charge in [-0.1, -0.05) is 48.5 Å². The van der Waals surface area contributed by atoms with Gasteiger partial charge < -0.3 is 4.98 Å². The van der Waals surface area contributed by atoms with Gasteiger partial charge in [-0.15, -0.1) is 0 Å². The number of rotatable bonds is 4. The third kappa shape index (κ3) is 2.71. The van der Waals surface area contributed by atoms with E-state index in [1.807, 2.05) is 49.4 Å². The van der Waals surface area contributed by atoms with Crippen molar-refractivity contribution < 1.29 is 4.79 Å². The zero-order valence-electron chi connectivity index (χ0n) is 13.5. The lowest BCUT2D eigenvalue weighted by Crippen LogP contribution is -2.20. The molecule has 120 valence electrons. The van der Waals surface area contributed by atoms with Crippen LogP contribution in [0.15, 0.2) is 59.7 Å². The standard InChI is InChI=1S/C20H19N3O/c1-13-18(15-9-5-6-10-19(15)22-13)12-21-23-20(24)17-11-16(17)14-7-3-2-4-8-14/h2-10,12,16-17,22H,11H2,1H3,(H,23,24)/b21-12+/t16-,17+/m0/s1. The van der Waals surface area contributed by atoms with Crippen molar-refractivity contribution in [3.8, 4) is 0 Å². The van der Waals surface area contributed by atoms with E-state index in [0.29, 0.717) is 5.92 Å². The highest BCUT2D eigenvalue weighted by Gasteiger charge is 2.43. The van der Waals surface area contributed by atoms with Gasteiger partial charge in [-0.05, 0) is 30.9 Å². The molecular weight excluding hydrogens is 298 g/mol. The maximum Gasteiger partial charge on any atom is 0.243 e. The number of H-pyrrole nitrogens is 1. The fourth-order valence-electron chi connectivity index (χ4n) is 3.26. The molecule has 1 saturated carbocycles. The molecule has 3 aromatic rings. The molecule has 0 spiro atoms. The Labute approximate surface area is 140 Å². The van der Waals surface area contributed by atoms with Gasteiger partial charge in [-0.25, -0.2) is 5.43 Å². The summed E-state index contributed by atoms with van der Waals surface area (Å²) >= 11 is 0. The van der Waals surface area contributed by atoms with Crippen molar-refractivity contribution in [2.24, 2.45) is 11.0 Å². The first-order chi connectivity index (χ1) is 11.7. The molecule has 4 heteroatoms. The minimum atomic E-state index is -0.00222. The Kier molecular flexibility index (Phi) is 3.65. The van der Waals surface area contributed by atoms with Crippen molar-refractivity contribution in [1.82, 2.24) is 10.4 Å². The Morgan fingerprint density at radius 3 is 2.75 bits per heavy atom. The average molecular weight is 317 g/mol. The number of fused-ring (bicyclic) bond motifs is 1. The van der Waals surface area contributed by atoms with Crippen molar-refractivity contribution in [3.05, 3.63) is 71.4 Å². The van der Waals surface area contributed by atoms with Gasteiger partial charge in [0.15, 0.2) is 0 Å². The van der Waals surface area contributed by atoms with Gasteiger partial charge >= 0.3 is 0 Å². The fourth-order valence-corrected chi connectivity index (χ4v) is 3.26. The number of aryl methyl sites for hydroxylation is 1. The topological polar surface area (TPSA) is 57.2 Å². The summed E-state index contributed by atoms with van der Waals surface area (Å²) in [4.78, 5) is 15.6. The molecule has 2 aromatic carbocycles. The highest BCUT2D eigenvalue weighted by atomic mass is 16.2. The number of para-hydroxylation sites is 1. The molecule has 24 heavy (non-hydrogen) atoms. The number of hydrazone groups is 1. The molecule has 2 N–H and O–H groups in total. The highest BCUT2D eigenvalue weighted by molar-refractivity contribution is 6.00. The van der Waals surface area contributed by atoms with Crippen LogP contribution in [0, 0.1) is 12.8 Å². The fraction of sp³-hybridized carbons (Fsp3) is 0.200. The van der Waals surface area contributed by atoms with Crippen LogP contribution in [0.3, 0.4) is 0 Å². The smallest absolute Gasteiger partial charge is 0.243 e. The van der Waals surface area contributed by atoms with Gasteiger partial charge in [0.1, 0.15) is 0 Å². The largest absolute Gasteiger partial charge is 0.358 e. The molecule has 0 aliphatic heterocycles. The minimum absolute atomic E-state index is 0.00222. The lowest BCUT2D eigenvalue weighted by Gasteiger charge is -2.00. The lowest BCUT2D eigenvalue weighted by atomic mass is 10.1. The van der Waals surface area contributed by atoms with Gasteiger partial charge in [-0.3, -0.25) is 4.79 Å². The maximum atomic E-state index is 12.2. The first kappa shape index (κ1) is 14.7. The molecular formula is C20H19N3O. The normalized spacial score (nSPS) is 19.7. The molecule has 0 radical (unpaired) electrons. The average Bonchev–Trinajstić information content (AvgIpc) is 3.35. The van der Waals surface area contributed by atoms with E-state index in [-0.39, 0.29) is 11.8 Å². The molecule has 0 unspecified atom stereocenters. The SMILES string of the molecule is Cc1[nH]c2ccccc2c1/C=N/NC(=O)[C@@H]1C[C@H]1c1ccccc1. The van der Waals surface area contributed by atoms with Gasteiger partial charge in [0, 0.05) is 28.1 Å². The van der Waals surface area contributed by atoms with Crippen LogP contribution in [0.25, 0.3) is 10.9 Å².